The third-order valence-corrected chi connectivity index (χ3v) is 4.85. The molecule has 0 unspecified atom stereocenters. The number of benzene rings is 3. The van der Waals surface area contributed by atoms with Crippen LogP contribution in [0.4, 0.5) is 29.5 Å². The zero-order valence-electron chi connectivity index (χ0n) is 16.2. The molecule has 0 aliphatic rings. The molecule has 2 amide bonds. The van der Waals surface area contributed by atoms with E-state index in [0.717, 1.165) is 12.1 Å². The molecule has 0 atom stereocenters. The van der Waals surface area contributed by atoms with Gasteiger partial charge in [0.2, 0.25) is 0 Å². The summed E-state index contributed by atoms with van der Waals surface area (Å²) in [5, 5.41) is 5.85. The molecule has 156 valence electrons. The van der Waals surface area contributed by atoms with Crippen molar-refractivity contribution in [1.82, 2.24) is 4.57 Å². The average Bonchev–Trinajstić information content (AvgIpc) is 2.75. The van der Waals surface area contributed by atoms with Crippen molar-refractivity contribution >= 4 is 28.3 Å². The van der Waals surface area contributed by atoms with Gasteiger partial charge in [-0.3, -0.25) is 14.7 Å². The number of amides is 2. The minimum absolute atomic E-state index is 0.135. The number of nitrogens with one attached hydrogen (secondary N) is 2. The number of nitrogens with zero attached hydrogens (tertiary/aromatic N) is 1. The lowest BCUT2D eigenvalue weighted by Crippen LogP contribution is -2.27. The molecule has 0 saturated heterocycles. The number of aromatic nitrogens is 1. The molecule has 0 bridgehead atoms. The first-order chi connectivity index (χ1) is 14.8. The molecule has 0 fully saturated rings. The quantitative estimate of drug-likeness (QED) is 0.472. The van der Waals surface area contributed by atoms with Crippen LogP contribution >= 0.6 is 0 Å². The van der Waals surface area contributed by atoms with Crippen LogP contribution in [-0.2, 0) is 7.05 Å². The van der Waals surface area contributed by atoms with Crippen LogP contribution in [0.3, 0.4) is 0 Å². The number of carbonyl (C=O) groups is 1. The van der Waals surface area contributed by atoms with E-state index in [4.69, 9.17) is 0 Å². The van der Waals surface area contributed by atoms with Crippen LogP contribution in [0, 0.1) is 17.5 Å². The number of hydrogen-bond donors (Lipinski definition) is 2. The number of anilines is 2. The molecule has 0 saturated carbocycles. The molecule has 0 aliphatic carbocycles. The monoisotopic (exact) mass is 423 g/mol. The van der Waals surface area contributed by atoms with Crippen LogP contribution in [0.5, 0.6) is 0 Å². The van der Waals surface area contributed by atoms with Gasteiger partial charge < -0.3 is 5.32 Å². The van der Waals surface area contributed by atoms with Gasteiger partial charge in [-0.15, -0.1) is 0 Å². The van der Waals surface area contributed by atoms with E-state index in [1.54, 1.807) is 24.3 Å². The number of pyridine rings is 1. The second kappa shape index (κ2) is 7.98. The highest BCUT2D eigenvalue weighted by atomic mass is 19.1. The minimum Gasteiger partial charge on any atom is -0.305 e. The number of rotatable bonds is 3. The van der Waals surface area contributed by atoms with Crippen molar-refractivity contribution in [2.75, 3.05) is 10.6 Å². The van der Waals surface area contributed by atoms with Crippen molar-refractivity contribution < 1.29 is 18.0 Å². The number of carbonyl (C=O) groups excluding carboxylic acids is 1. The maximum Gasteiger partial charge on any atom is 0.324 e. The Kier molecular flexibility index (Phi) is 5.21. The summed E-state index contributed by atoms with van der Waals surface area (Å²) in [6.45, 7) is 0. The van der Waals surface area contributed by atoms with E-state index in [1.807, 2.05) is 0 Å². The van der Waals surface area contributed by atoms with Crippen molar-refractivity contribution in [2.45, 2.75) is 0 Å². The van der Waals surface area contributed by atoms with E-state index in [-0.39, 0.29) is 17.1 Å². The third-order valence-electron chi connectivity index (χ3n) is 4.85. The van der Waals surface area contributed by atoms with E-state index in [0.29, 0.717) is 28.0 Å². The Labute approximate surface area is 174 Å². The number of urea groups is 1. The predicted molar refractivity (Wildman–Crippen MR) is 114 cm³/mol. The zero-order valence-corrected chi connectivity index (χ0v) is 16.2. The van der Waals surface area contributed by atoms with Crippen LogP contribution in [0.2, 0.25) is 0 Å². The fourth-order valence-electron chi connectivity index (χ4n) is 3.37. The van der Waals surface area contributed by atoms with E-state index < -0.39 is 23.5 Å². The number of hydrogen-bond acceptors (Lipinski definition) is 2. The number of halogens is 3. The van der Waals surface area contributed by atoms with Crippen molar-refractivity contribution in [1.29, 1.82) is 0 Å². The Hall–Kier alpha value is -4.07. The van der Waals surface area contributed by atoms with Gasteiger partial charge in [-0.25, -0.2) is 18.0 Å². The fraction of sp³-hybridized carbons (Fsp3) is 0.0435. The van der Waals surface area contributed by atoms with Crippen LogP contribution in [0.25, 0.3) is 21.9 Å². The minimum atomic E-state index is -0.943. The van der Waals surface area contributed by atoms with Crippen molar-refractivity contribution in [3.8, 4) is 11.1 Å². The van der Waals surface area contributed by atoms with Crippen LogP contribution in [0.15, 0.2) is 71.5 Å². The van der Waals surface area contributed by atoms with Crippen LogP contribution < -0.4 is 16.2 Å². The molecular weight excluding hydrogens is 407 g/mol. The van der Waals surface area contributed by atoms with E-state index in [9.17, 15) is 22.8 Å². The first-order valence-corrected chi connectivity index (χ1v) is 9.26. The Morgan fingerprint density at radius 3 is 2.16 bits per heavy atom. The summed E-state index contributed by atoms with van der Waals surface area (Å²) in [5.41, 5.74) is 0.474. The summed E-state index contributed by atoms with van der Waals surface area (Å²) in [7, 11) is 1.48. The first kappa shape index (κ1) is 20.2. The Morgan fingerprint density at radius 1 is 0.839 bits per heavy atom. The lowest BCUT2D eigenvalue weighted by Gasteiger charge is -2.18. The average molecular weight is 423 g/mol. The van der Waals surface area contributed by atoms with Gasteiger partial charge in [0.15, 0.2) is 0 Å². The molecule has 8 heteroatoms. The third kappa shape index (κ3) is 3.87. The molecule has 0 aliphatic heterocycles. The second-order valence-corrected chi connectivity index (χ2v) is 6.84. The molecule has 31 heavy (non-hydrogen) atoms. The summed E-state index contributed by atoms with van der Waals surface area (Å²) in [4.78, 5) is 25.4. The molecule has 2 N–H and O–H groups in total. The van der Waals surface area contributed by atoms with E-state index in [2.05, 4.69) is 10.6 Å². The summed E-state index contributed by atoms with van der Waals surface area (Å²) < 4.78 is 41.8. The highest BCUT2D eigenvalue weighted by molar-refractivity contribution is 6.07. The molecule has 3 aromatic carbocycles. The smallest absolute Gasteiger partial charge is 0.305 e. The van der Waals surface area contributed by atoms with Crippen molar-refractivity contribution in [3.63, 3.8) is 0 Å². The molecular formula is C23H16F3N3O2. The summed E-state index contributed by atoms with van der Waals surface area (Å²) in [5.74, 6) is -2.02. The first-order valence-electron chi connectivity index (χ1n) is 9.26. The lowest BCUT2D eigenvalue weighted by atomic mass is 9.99. The maximum atomic E-state index is 13.9. The number of fused-ring (bicyclic) bond motifs is 1. The maximum absolute atomic E-state index is 13.9. The van der Waals surface area contributed by atoms with Gasteiger partial charge in [-0.2, -0.15) is 0 Å². The van der Waals surface area contributed by atoms with Crippen molar-refractivity contribution in [3.05, 3.63) is 94.5 Å². The fourth-order valence-corrected chi connectivity index (χ4v) is 3.37. The summed E-state index contributed by atoms with van der Waals surface area (Å²) in [6.07, 6.45) is 0. The molecule has 4 rings (SSSR count). The van der Waals surface area contributed by atoms with Crippen molar-refractivity contribution in [2.24, 2.45) is 7.05 Å². The SMILES string of the molecule is Cn1c(NC(=O)Nc2ccc(F)cc2F)c(-c2ccc(F)cc2)c2ccccc2c1=O. The highest BCUT2D eigenvalue weighted by Gasteiger charge is 2.19. The molecule has 4 aromatic rings. The van der Waals surface area contributed by atoms with Gasteiger partial charge in [0.25, 0.3) is 5.56 Å². The van der Waals surface area contributed by atoms with Gasteiger partial charge in [-0.1, -0.05) is 30.3 Å². The molecule has 0 spiro atoms. The Bertz CT molecular complexity index is 1370. The van der Waals surface area contributed by atoms with Gasteiger partial charge in [0, 0.05) is 24.1 Å². The van der Waals surface area contributed by atoms with E-state index >= 15 is 0 Å². The van der Waals surface area contributed by atoms with Crippen LogP contribution in [-0.4, -0.2) is 10.6 Å². The largest absolute Gasteiger partial charge is 0.324 e. The summed E-state index contributed by atoms with van der Waals surface area (Å²) in [6, 6.07) is 14.3. The lowest BCUT2D eigenvalue weighted by molar-refractivity contribution is 0.262. The highest BCUT2D eigenvalue weighted by Crippen LogP contribution is 2.34. The molecule has 1 heterocycles. The van der Waals surface area contributed by atoms with Gasteiger partial charge >= 0.3 is 6.03 Å². The van der Waals surface area contributed by atoms with Gasteiger partial charge in [0.05, 0.1) is 5.69 Å². The Balaban J connectivity index is 1.83. The predicted octanol–water partition coefficient (Wildman–Crippen LogP) is 5.27. The van der Waals surface area contributed by atoms with E-state index in [1.165, 1.54) is 35.9 Å². The molecule has 1 aromatic heterocycles. The Morgan fingerprint density at radius 2 is 1.48 bits per heavy atom. The molecule has 5 nitrogen and oxygen atoms in total. The zero-order chi connectivity index (χ0) is 22.1. The topological polar surface area (TPSA) is 63.1 Å². The molecule has 0 radical (unpaired) electrons. The summed E-state index contributed by atoms with van der Waals surface area (Å²) >= 11 is 0. The van der Waals surface area contributed by atoms with Gasteiger partial charge in [-0.05, 0) is 41.3 Å². The standard InChI is InChI=1S/C23H16F3N3O2/c1-29-21(28-23(31)27-19-11-10-15(25)12-18(19)26)20(13-6-8-14(24)9-7-13)16-4-2-3-5-17(16)22(29)30/h2-12H,1H3,(H2,27,28,31). The normalized spacial score (nSPS) is 10.8. The second-order valence-electron chi connectivity index (χ2n) is 6.84. The van der Waals surface area contributed by atoms with Crippen LogP contribution in [0.1, 0.15) is 0 Å². The van der Waals surface area contributed by atoms with Gasteiger partial charge in [0.1, 0.15) is 23.3 Å².